The molecule has 14 heavy (non-hydrogen) atoms. The molecule has 0 saturated carbocycles. The predicted octanol–water partition coefficient (Wildman–Crippen LogP) is 3.73. The van der Waals surface area contributed by atoms with Gasteiger partial charge in [-0.15, -0.1) is 11.8 Å². The number of hydrogen-bond donors (Lipinski definition) is 0. The molecule has 0 bridgehead atoms. The lowest BCUT2D eigenvalue weighted by molar-refractivity contribution is 0.338. The van der Waals surface area contributed by atoms with E-state index in [1.54, 1.807) is 11.8 Å². The van der Waals surface area contributed by atoms with E-state index in [-0.39, 0.29) is 0 Å². The number of benzene rings is 1. The first-order valence-electron chi connectivity index (χ1n) is 4.70. The maximum absolute atomic E-state index is 5.52. The summed E-state index contributed by atoms with van der Waals surface area (Å²) in [7, 11) is 0. The van der Waals surface area contributed by atoms with Crippen molar-refractivity contribution >= 4 is 17.8 Å². The van der Waals surface area contributed by atoms with Gasteiger partial charge in [-0.05, 0) is 48.8 Å². The fraction of sp³-hybridized carbons (Fsp3) is 0.333. The third-order valence-corrected chi connectivity index (χ3v) is 2.32. The van der Waals surface area contributed by atoms with Crippen molar-refractivity contribution in [3.63, 3.8) is 0 Å². The lowest BCUT2D eigenvalue weighted by Gasteiger charge is -2.07. The number of ether oxygens (including phenoxy) is 1. The zero-order valence-electron chi connectivity index (χ0n) is 8.91. The Morgan fingerprint density at radius 3 is 2.86 bits per heavy atom. The molecule has 1 aromatic rings. The molecule has 0 aliphatic heterocycles. The standard InChI is InChI=1S/C12H16OS/c1-4-13-12-9-11(7-8-14-3)6-5-10(12)2/h5-9H,4H2,1-3H3. The van der Waals surface area contributed by atoms with Crippen molar-refractivity contribution < 1.29 is 4.74 Å². The molecule has 0 heterocycles. The van der Waals surface area contributed by atoms with Crippen LogP contribution in [0.15, 0.2) is 23.6 Å². The van der Waals surface area contributed by atoms with E-state index in [4.69, 9.17) is 4.74 Å². The molecule has 0 radical (unpaired) electrons. The average Bonchev–Trinajstić information content (AvgIpc) is 2.19. The molecule has 2 heteroatoms. The lowest BCUT2D eigenvalue weighted by Crippen LogP contribution is -1.93. The number of aryl methyl sites for hydroxylation is 1. The monoisotopic (exact) mass is 208 g/mol. The normalized spacial score (nSPS) is 10.8. The molecule has 0 atom stereocenters. The predicted molar refractivity (Wildman–Crippen MR) is 64.9 cm³/mol. The van der Waals surface area contributed by atoms with Crippen LogP contribution in [0, 0.1) is 6.92 Å². The highest BCUT2D eigenvalue weighted by atomic mass is 32.2. The van der Waals surface area contributed by atoms with Gasteiger partial charge in [-0.2, -0.15) is 0 Å². The smallest absolute Gasteiger partial charge is 0.122 e. The van der Waals surface area contributed by atoms with Crippen LogP contribution >= 0.6 is 11.8 Å². The van der Waals surface area contributed by atoms with Crippen LogP contribution in [-0.4, -0.2) is 12.9 Å². The molecule has 1 aromatic carbocycles. The summed E-state index contributed by atoms with van der Waals surface area (Å²) >= 11 is 1.70. The molecular formula is C12H16OS. The van der Waals surface area contributed by atoms with Crippen molar-refractivity contribution in [2.45, 2.75) is 13.8 Å². The van der Waals surface area contributed by atoms with Crippen molar-refractivity contribution in [1.29, 1.82) is 0 Å². The van der Waals surface area contributed by atoms with Gasteiger partial charge in [0.1, 0.15) is 5.75 Å². The van der Waals surface area contributed by atoms with Gasteiger partial charge in [0.15, 0.2) is 0 Å². The maximum Gasteiger partial charge on any atom is 0.122 e. The van der Waals surface area contributed by atoms with E-state index in [2.05, 4.69) is 36.6 Å². The lowest BCUT2D eigenvalue weighted by atomic mass is 10.1. The van der Waals surface area contributed by atoms with E-state index in [1.807, 2.05) is 13.2 Å². The minimum Gasteiger partial charge on any atom is -0.494 e. The molecule has 0 amide bonds. The Morgan fingerprint density at radius 1 is 1.43 bits per heavy atom. The molecule has 0 spiro atoms. The zero-order valence-corrected chi connectivity index (χ0v) is 9.73. The summed E-state index contributed by atoms with van der Waals surface area (Å²) in [6, 6.07) is 6.26. The van der Waals surface area contributed by atoms with E-state index >= 15 is 0 Å². The van der Waals surface area contributed by atoms with Gasteiger partial charge in [-0.25, -0.2) is 0 Å². The van der Waals surface area contributed by atoms with Crippen LogP contribution in [0.2, 0.25) is 0 Å². The third-order valence-electron chi connectivity index (χ3n) is 1.91. The quantitative estimate of drug-likeness (QED) is 0.745. The van der Waals surface area contributed by atoms with Crippen LogP contribution in [-0.2, 0) is 0 Å². The van der Waals surface area contributed by atoms with Crippen molar-refractivity contribution in [3.8, 4) is 5.75 Å². The zero-order chi connectivity index (χ0) is 10.4. The second-order valence-electron chi connectivity index (χ2n) is 3.00. The van der Waals surface area contributed by atoms with Crippen LogP contribution in [0.3, 0.4) is 0 Å². The van der Waals surface area contributed by atoms with Gasteiger partial charge in [0, 0.05) is 0 Å². The van der Waals surface area contributed by atoms with Gasteiger partial charge in [-0.1, -0.05) is 12.1 Å². The molecule has 0 saturated heterocycles. The first-order valence-corrected chi connectivity index (χ1v) is 5.99. The minimum absolute atomic E-state index is 0.719. The highest BCUT2D eigenvalue weighted by Gasteiger charge is 1.98. The summed E-state index contributed by atoms with van der Waals surface area (Å²) in [4.78, 5) is 0. The summed E-state index contributed by atoms with van der Waals surface area (Å²) < 4.78 is 5.52. The topological polar surface area (TPSA) is 9.23 Å². The van der Waals surface area contributed by atoms with Crippen LogP contribution in [0.5, 0.6) is 5.75 Å². The van der Waals surface area contributed by atoms with Gasteiger partial charge in [-0.3, -0.25) is 0 Å². The van der Waals surface area contributed by atoms with Crippen LogP contribution < -0.4 is 4.74 Å². The van der Waals surface area contributed by atoms with E-state index in [9.17, 15) is 0 Å². The summed E-state index contributed by atoms with van der Waals surface area (Å²) in [5.41, 5.74) is 2.38. The minimum atomic E-state index is 0.719. The Hall–Kier alpha value is -0.890. The van der Waals surface area contributed by atoms with Crippen molar-refractivity contribution in [2.24, 2.45) is 0 Å². The van der Waals surface area contributed by atoms with Crippen LogP contribution in [0.25, 0.3) is 6.08 Å². The molecule has 0 aliphatic rings. The molecule has 0 unspecified atom stereocenters. The molecular weight excluding hydrogens is 192 g/mol. The third kappa shape index (κ3) is 3.11. The Morgan fingerprint density at radius 2 is 2.21 bits per heavy atom. The van der Waals surface area contributed by atoms with Gasteiger partial charge in [0.25, 0.3) is 0 Å². The van der Waals surface area contributed by atoms with Crippen molar-refractivity contribution in [1.82, 2.24) is 0 Å². The van der Waals surface area contributed by atoms with Gasteiger partial charge in [0.2, 0.25) is 0 Å². The number of thioether (sulfide) groups is 1. The molecule has 0 fully saturated rings. The van der Waals surface area contributed by atoms with Gasteiger partial charge >= 0.3 is 0 Å². The summed E-state index contributed by atoms with van der Waals surface area (Å²) in [6.45, 7) is 4.79. The second kappa shape index (κ2) is 5.76. The largest absolute Gasteiger partial charge is 0.494 e. The number of hydrogen-bond acceptors (Lipinski definition) is 2. The summed E-state index contributed by atoms with van der Waals surface area (Å²) in [5.74, 6) is 0.982. The highest BCUT2D eigenvalue weighted by molar-refractivity contribution is 8.01. The van der Waals surface area contributed by atoms with E-state index in [1.165, 1.54) is 11.1 Å². The number of rotatable bonds is 4. The Labute approximate surface area is 90.2 Å². The van der Waals surface area contributed by atoms with E-state index in [0.29, 0.717) is 0 Å². The first kappa shape index (κ1) is 11.2. The Balaban J connectivity index is 2.88. The second-order valence-corrected chi connectivity index (χ2v) is 3.74. The van der Waals surface area contributed by atoms with Crippen LogP contribution in [0.1, 0.15) is 18.1 Å². The maximum atomic E-state index is 5.52. The van der Waals surface area contributed by atoms with E-state index in [0.717, 1.165) is 12.4 Å². The fourth-order valence-electron chi connectivity index (χ4n) is 1.18. The summed E-state index contributed by atoms with van der Waals surface area (Å²) in [5, 5.41) is 2.07. The molecule has 0 N–H and O–H groups in total. The van der Waals surface area contributed by atoms with Gasteiger partial charge in [0.05, 0.1) is 6.61 Å². The van der Waals surface area contributed by atoms with Crippen LogP contribution in [0.4, 0.5) is 0 Å². The Bertz CT molecular complexity index is 318. The molecule has 0 aromatic heterocycles. The SMILES string of the molecule is CCOc1cc(C=CSC)ccc1C. The first-order chi connectivity index (χ1) is 6.77. The Kier molecular flexibility index (Phi) is 4.60. The molecule has 1 nitrogen and oxygen atoms in total. The highest BCUT2D eigenvalue weighted by Crippen LogP contribution is 2.20. The summed E-state index contributed by atoms with van der Waals surface area (Å²) in [6.07, 6.45) is 4.14. The van der Waals surface area contributed by atoms with Gasteiger partial charge < -0.3 is 4.74 Å². The molecule has 0 aliphatic carbocycles. The molecule has 1 rings (SSSR count). The molecule has 76 valence electrons. The average molecular weight is 208 g/mol. The van der Waals surface area contributed by atoms with Crippen molar-refractivity contribution in [3.05, 3.63) is 34.7 Å². The van der Waals surface area contributed by atoms with Crippen molar-refractivity contribution in [2.75, 3.05) is 12.9 Å². The van der Waals surface area contributed by atoms with E-state index < -0.39 is 0 Å². The fourth-order valence-corrected chi connectivity index (χ4v) is 1.47.